The molecule has 0 unspecified atom stereocenters. The number of hydrogen-bond donors (Lipinski definition) is 1. The van der Waals surface area contributed by atoms with Crippen molar-refractivity contribution in [1.82, 2.24) is 0 Å². The van der Waals surface area contributed by atoms with Crippen molar-refractivity contribution in [3.8, 4) is 5.75 Å². The lowest BCUT2D eigenvalue weighted by Crippen LogP contribution is -2.14. The summed E-state index contributed by atoms with van der Waals surface area (Å²) in [7, 11) is 1.62. The minimum absolute atomic E-state index is 0.233. The predicted molar refractivity (Wildman–Crippen MR) is 86.2 cm³/mol. The van der Waals surface area contributed by atoms with E-state index in [1.54, 1.807) is 19.2 Å². The van der Waals surface area contributed by atoms with Crippen LogP contribution in [0.2, 0.25) is 0 Å². The lowest BCUT2D eigenvalue weighted by molar-refractivity contribution is 0.102. The third-order valence-electron chi connectivity index (χ3n) is 3.53. The van der Waals surface area contributed by atoms with E-state index in [-0.39, 0.29) is 17.6 Å². The Hall–Kier alpha value is -2.36. The first-order valence-electron chi connectivity index (χ1n) is 7.17. The molecule has 0 bridgehead atoms. The molecule has 2 aromatic carbocycles. The molecule has 0 radical (unpaired) electrons. The number of hydrogen-bond acceptors (Lipinski definition) is 2. The van der Waals surface area contributed by atoms with Gasteiger partial charge in [-0.25, -0.2) is 4.39 Å². The highest BCUT2D eigenvalue weighted by molar-refractivity contribution is 6.05. The minimum Gasteiger partial charge on any atom is -0.496 e. The number of carbonyl (C=O) groups excluding carboxylic acids is 1. The fourth-order valence-corrected chi connectivity index (χ4v) is 2.34. The van der Waals surface area contributed by atoms with Gasteiger partial charge in [0.25, 0.3) is 5.91 Å². The van der Waals surface area contributed by atoms with Crippen molar-refractivity contribution in [3.63, 3.8) is 0 Å². The fraction of sp³-hybridized carbons (Fsp3) is 0.278. The Morgan fingerprint density at radius 1 is 1.23 bits per heavy atom. The largest absolute Gasteiger partial charge is 0.496 e. The summed E-state index contributed by atoms with van der Waals surface area (Å²) in [4.78, 5) is 12.4. The number of aryl methyl sites for hydroxylation is 1. The van der Waals surface area contributed by atoms with E-state index in [0.29, 0.717) is 11.3 Å². The zero-order chi connectivity index (χ0) is 16.3. The van der Waals surface area contributed by atoms with Gasteiger partial charge in [-0.1, -0.05) is 19.9 Å². The van der Waals surface area contributed by atoms with Crippen LogP contribution in [0, 0.1) is 12.7 Å². The number of nitrogens with one attached hydrogen (secondary N) is 1. The summed E-state index contributed by atoms with van der Waals surface area (Å²) >= 11 is 0. The van der Waals surface area contributed by atoms with E-state index < -0.39 is 0 Å². The van der Waals surface area contributed by atoms with Crippen LogP contribution in [-0.2, 0) is 0 Å². The van der Waals surface area contributed by atoms with Crippen LogP contribution in [0.4, 0.5) is 10.1 Å². The molecule has 3 nitrogen and oxygen atoms in total. The van der Waals surface area contributed by atoms with Crippen molar-refractivity contribution in [3.05, 3.63) is 58.9 Å². The molecule has 0 aliphatic carbocycles. The molecule has 0 spiro atoms. The van der Waals surface area contributed by atoms with Gasteiger partial charge in [0.15, 0.2) is 0 Å². The zero-order valence-corrected chi connectivity index (χ0v) is 13.2. The number of carbonyl (C=O) groups is 1. The molecule has 1 N–H and O–H groups in total. The summed E-state index contributed by atoms with van der Waals surface area (Å²) in [6.07, 6.45) is 0. The van der Waals surface area contributed by atoms with E-state index in [4.69, 9.17) is 4.74 Å². The topological polar surface area (TPSA) is 38.3 Å². The van der Waals surface area contributed by atoms with Gasteiger partial charge in [-0.15, -0.1) is 0 Å². The Labute approximate surface area is 130 Å². The molecule has 0 heterocycles. The van der Waals surface area contributed by atoms with Crippen LogP contribution in [0.25, 0.3) is 0 Å². The van der Waals surface area contributed by atoms with Gasteiger partial charge < -0.3 is 10.1 Å². The Morgan fingerprint density at radius 3 is 2.55 bits per heavy atom. The molecule has 0 aliphatic rings. The van der Waals surface area contributed by atoms with Crippen LogP contribution in [0.1, 0.15) is 41.3 Å². The van der Waals surface area contributed by atoms with Crippen LogP contribution < -0.4 is 10.1 Å². The quantitative estimate of drug-likeness (QED) is 0.901. The lowest BCUT2D eigenvalue weighted by atomic mass is 9.96. The van der Waals surface area contributed by atoms with Gasteiger partial charge in [0, 0.05) is 11.3 Å². The number of rotatable bonds is 4. The first-order chi connectivity index (χ1) is 10.4. The summed E-state index contributed by atoms with van der Waals surface area (Å²) in [5.41, 5.74) is 2.78. The number of benzene rings is 2. The second-order valence-electron chi connectivity index (χ2n) is 5.53. The fourth-order valence-electron chi connectivity index (χ4n) is 2.34. The van der Waals surface area contributed by atoms with Gasteiger partial charge in [-0.05, 0) is 54.3 Å². The van der Waals surface area contributed by atoms with Crippen LogP contribution in [0.15, 0.2) is 36.4 Å². The van der Waals surface area contributed by atoms with Crippen molar-refractivity contribution < 1.29 is 13.9 Å². The first kappa shape index (κ1) is 16.0. The van der Waals surface area contributed by atoms with Crippen molar-refractivity contribution in [1.29, 1.82) is 0 Å². The Bertz CT molecular complexity index is 695. The molecule has 0 saturated heterocycles. The highest BCUT2D eigenvalue weighted by Gasteiger charge is 2.16. The molecule has 116 valence electrons. The number of anilines is 1. The van der Waals surface area contributed by atoms with E-state index in [9.17, 15) is 9.18 Å². The van der Waals surface area contributed by atoms with Gasteiger partial charge in [0.1, 0.15) is 11.6 Å². The summed E-state index contributed by atoms with van der Waals surface area (Å²) < 4.78 is 18.6. The maximum absolute atomic E-state index is 13.2. The predicted octanol–water partition coefficient (Wildman–Crippen LogP) is 4.52. The lowest BCUT2D eigenvalue weighted by Gasteiger charge is -2.16. The number of amides is 1. The van der Waals surface area contributed by atoms with E-state index in [2.05, 4.69) is 5.32 Å². The van der Waals surface area contributed by atoms with Gasteiger partial charge in [-0.3, -0.25) is 4.79 Å². The molecule has 2 rings (SSSR count). The van der Waals surface area contributed by atoms with E-state index in [1.165, 1.54) is 12.1 Å². The maximum atomic E-state index is 13.2. The standard InChI is InChI=1S/C18H20FNO2/c1-11(2)15-10-16(12(3)8-17(15)22-4)18(21)20-14-7-5-6-13(19)9-14/h5-11H,1-4H3,(H,20,21). The highest BCUT2D eigenvalue weighted by atomic mass is 19.1. The second kappa shape index (κ2) is 6.60. The van der Waals surface area contributed by atoms with Gasteiger partial charge >= 0.3 is 0 Å². The van der Waals surface area contributed by atoms with Crippen molar-refractivity contribution in [2.45, 2.75) is 26.7 Å². The van der Waals surface area contributed by atoms with E-state index in [1.807, 2.05) is 32.9 Å². The molecule has 1 amide bonds. The number of methoxy groups -OCH3 is 1. The molecular formula is C18H20FNO2. The maximum Gasteiger partial charge on any atom is 0.255 e. The minimum atomic E-state index is -0.382. The van der Waals surface area contributed by atoms with Crippen LogP contribution >= 0.6 is 0 Å². The average Bonchev–Trinajstić information content (AvgIpc) is 2.46. The molecule has 0 atom stereocenters. The SMILES string of the molecule is COc1cc(C)c(C(=O)Nc2cccc(F)c2)cc1C(C)C. The molecule has 2 aromatic rings. The normalized spacial score (nSPS) is 10.6. The van der Waals surface area contributed by atoms with Crippen molar-refractivity contribution in [2.75, 3.05) is 12.4 Å². The van der Waals surface area contributed by atoms with Crippen LogP contribution in [-0.4, -0.2) is 13.0 Å². The third kappa shape index (κ3) is 3.45. The molecular weight excluding hydrogens is 281 g/mol. The first-order valence-corrected chi connectivity index (χ1v) is 7.17. The van der Waals surface area contributed by atoms with Gasteiger partial charge in [0.2, 0.25) is 0 Å². The van der Waals surface area contributed by atoms with Crippen LogP contribution in [0.3, 0.4) is 0 Å². The Balaban J connectivity index is 2.35. The second-order valence-corrected chi connectivity index (χ2v) is 5.53. The zero-order valence-electron chi connectivity index (χ0n) is 13.2. The molecule has 22 heavy (non-hydrogen) atoms. The molecule has 0 aromatic heterocycles. The highest BCUT2D eigenvalue weighted by Crippen LogP contribution is 2.30. The molecule has 0 aliphatic heterocycles. The molecule has 0 fully saturated rings. The monoisotopic (exact) mass is 301 g/mol. The van der Waals surface area contributed by atoms with Gasteiger partial charge in [0.05, 0.1) is 7.11 Å². The summed E-state index contributed by atoms with van der Waals surface area (Å²) in [6.45, 7) is 5.94. The average molecular weight is 301 g/mol. The summed E-state index contributed by atoms with van der Waals surface area (Å²) in [6, 6.07) is 9.54. The molecule has 4 heteroatoms. The van der Waals surface area contributed by atoms with E-state index in [0.717, 1.165) is 16.9 Å². The Kier molecular flexibility index (Phi) is 4.81. The summed E-state index contributed by atoms with van der Waals surface area (Å²) in [5, 5.41) is 2.72. The number of ether oxygens (including phenoxy) is 1. The number of halogens is 1. The smallest absolute Gasteiger partial charge is 0.255 e. The summed E-state index contributed by atoms with van der Waals surface area (Å²) in [5.74, 6) is 0.367. The van der Waals surface area contributed by atoms with Crippen molar-refractivity contribution >= 4 is 11.6 Å². The van der Waals surface area contributed by atoms with Gasteiger partial charge in [-0.2, -0.15) is 0 Å². The molecule has 0 saturated carbocycles. The van der Waals surface area contributed by atoms with E-state index >= 15 is 0 Å². The van der Waals surface area contributed by atoms with Crippen LogP contribution in [0.5, 0.6) is 5.75 Å². The Morgan fingerprint density at radius 2 is 1.95 bits per heavy atom. The third-order valence-corrected chi connectivity index (χ3v) is 3.53. The van der Waals surface area contributed by atoms with Crippen molar-refractivity contribution in [2.24, 2.45) is 0 Å².